The van der Waals surface area contributed by atoms with E-state index in [0.29, 0.717) is 37.0 Å². The quantitative estimate of drug-likeness (QED) is 0.605. The Kier molecular flexibility index (Phi) is 8.50. The number of pyridine rings is 1. The lowest BCUT2D eigenvalue weighted by molar-refractivity contribution is -0.146. The molecule has 184 valence electrons. The Morgan fingerprint density at radius 2 is 2.06 bits per heavy atom. The number of aryl methyl sites for hydroxylation is 1. The number of benzene rings is 1. The Morgan fingerprint density at radius 1 is 1.29 bits per heavy atom. The molecule has 1 unspecified atom stereocenters. The lowest BCUT2D eigenvalue weighted by atomic mass is 9.89. The number of anilines is 2. The fourth-order valence-corrected chi connectivity index (χ4v) is 4.09. The highest BCUT2D eigenvalue weighted by Crippen LogP contribution is 2.35. The van der Waals surface area contributed by atoms with Crippen LogP contribution in [0.5, 0.6) is 5.75 Å². The third-order valence-corrected chi connectivity index (χ3v) is 6.53. The van der Waals surface area contributed by atoms with Crippen LogP contribution in [-0.4, -0.2) is 59.9 Å². The van der Waals surface area contributed by atoms with Gasteiger partial charge in [-0.1, -0.05) is 26.0 Å². The van der Waals surface area contributed by atoms with Crippen molar-refractivity contribution in [1.82, 2.24) is 14.8 Å². The summed E-state index contributed by atoms with van der Waals surface area (Å²) in [6.07, 6.45) is 3.95. The first-order valence-electron chi connectivity index (χ1n) is 11.9. The number of hydrogen-bond donors (Lipinski definition) is 2. The van der Waals surface area contributed by atoms with Crippen LogP contribution >= 0.6 is 0 Å². The molecule has 3 atom stereocenters. The van der Waals surface area contributed by atoms with Crippen LogP contribution < -0.4 is 15.8 Å². The zero-order valence-corrected chi connectivity index (χ0v) is 20.9. The summed E-state index contributed by atoms with van der Waals surface area (Å²) in [5.41, 5.74) is 8.13. The Morgan fingerprint density at radius 3 is 2.76 bits per heavy atom. The molecule has 0 radical (unpaired) electrons. The molecule has 1 aliphatic rings. The summed E-state index contributed by atoms with van der Waals surface area (Å²) >= 11 is 0. The number of nitrogens with one attached hydrogen (secondary N) is 1. The highest BCUT2D eigenvalue weighted by Gasteiger charge is 2.34. The van der Waals surface area contributed by atoms with E-state index in [1.54, 1.807) is 11.0 Å². The van der Waals surface area contributed by atoms with Crippen molar-refractivity contribution < 1.29 is 14.3 Å². The van der Waals surface area contributed by atoms with E-state index in [1.165, 1.54) is 6.20 Å². The minimum atomic E-state index is -0.667. The monoisotopic (exact) mass is 467 g/mol. The highest BCUT2D eigenvalue weighted by molar-refractivity contribution is 6.39. The van der Waals surface area contributed by atoms with Crippen LogP contribution in [0.15, 0.2) is 36.5 Å². The van der Waals surface area contributed by atoms with Gasteiger partial charge in [0.2, 0.25) is 0 Å². The lowest BCUT2D eigenvalue weighted by Crippen LogP contribution is -2.46. The van der Waals surface area contributed by atoms with Crippen LogP contribution in [0.25, 0.3) is 0 Å². The van der Waals surface area contributed by atoms with Crippen molar-refractivity contribution in [3.63, 3.8) is 0 Å². The largest absolute Gasteiger partial charge is 0.492 e. The number of hydrogen-bond acceptors (Lipinski definition) is 6. The molecule has 8 heteroatoms. The Bertz CT molecular complexity index is 1010. The zero-order valence-electron chi connectivity index (χ0n) is 20.9. The number of ether oxygens (including phenoxy) is 1. The number of aromatic nitrogens is 1. The summed E-state index contributed by atoms with van der Waals surface area (Å²) in [5, 5.41) is 2.70. The topological polar surface area (TPSA) is 101 Å². The SMILES string of the molecule is CCc1cc(NC(=O)C(=O)N2C[C@@H](C)CC[C@@H]2c2cccc(OCC(C)N(C)C)c2)cnc1N. The number of rotatable bonds is 7. The number of nitrogen functional groups attached to an aromatic ring is 1. The summed E-state index contributed by atoms with van der Waals surface area (Å²) in [4.78, 5) is 34.1. The van der Waals surface area contributed by atoms with Crippen molar-refractivity contribution in [2.24, 2.45) is 5.92 Å². The van der Waals surface area contributed by atoms with Gasteiger partial charge in [-0.05, 0) is 75.5 Å². The van der Waals surface area contributed by atoms with Crippen molar-refractivity contribution in [1.29, 1.82) is 0 Å². The molecule has 3 rings (SSSR count). The number of carbonyl (C=O) groups excluding carboxylic acids is 2. The van der Waals surface area contributed by atoms with Crippen molar-refractivity contribution in [2.75, 3.05) is 38.3 Å². The normalized spacial score (nSPS) is 19.1. The highest BCUT2D eigenvalue weighted by atomic mass is 16.5. The van der Waals surface area contributed by atoms with E-state index in [4.69, 9.17) is 10.5 Å². The van der Waals surface area contributed by atoms with Gasteiger partial charge in [0.1, 0.15) is 18.2 Å². The number of amides is 2. The second kappa shape index (κ2) is 11.3. The van der Waals surface area contributed by atoms with Crippen molar-refractivity contribution in [2.45, 2.75) is 52.1 Å². The summed E-state index contributed by atoms with van der Waals surface area (Å²) in [5.74, 6) is 0.303. The van der Waals surface area contributed by atoms with Crippen LogP contribution in [0.1, 0.15) is 50.8 Å². The molecule has 0 saturated carbocycles. The molecule has 1 fully saturated rings. The van der Waals surface area contributed by atoms with E-state index in [-0.39, 0.29) is 12.1 Å². The standard InChI is InChI=1S/C26H37N5O3/c1-6-19-12-21(14-28-24(19)27)29-25(32)26(33)31-15-17(2)10-11-23(31)20-8-7-9-22(13-20)34-16-18(3)30(4)5/h7-9,12-14,17-18,23H,6,10-11,15-16H2,1-5H3,(H2,27,28)(H,29,32)/t17-,18?,23+/m0/s1. The molecule has 0 bridgehead atoms. The molecule has 1 saturated heterocycles. The van der Waals surface area contributed by atoms with Gasteiger partial charge < -0.3 is 25.6 Å². The van der Waals surface area contributed by atoms with Crippen LogP contribution in [0, 0.1) is 5.92 Å². The van der Waals surface area contributed by atoms with Gasteiger partial charge >= 0.3 is 11.8 Å². The van der Waals surface area contributed by atoms with Crippen molar-refractivity contribution in [3.05, 3.63) is 47.7 Å². The molecule has 8 nitrogen and oxygen atoms in total. The second-order valence-corrected chi connectivity index (χ2v) is 9.43. The van der Waals surface area contributed by atoms with Crippen molar-refractivity contribution >= 4 is 23.3 Å². The number of nitrogens with two attached hydrogens (primary N) is 1. The second-order valence-electron chi connectivity index (χ2n) is 9.43. The first-order chi connectivity index (χ1) is 16.2. The molecule has 34 heavy (non-hydrogen) atoms. The predicted molar refractivity (Wildman–Crippen MR) is 135 cm³/mol. The van der Waals surface area contributed by atoms with Gasteiger partial charge in [0.25, 0.3) is 0 Å². The van der Waals surface area contributed by atoms with E-state index < -0.39 is 11.8 Å². The number of nitrogens with zero attached hydrogens (tertiary/aromatic N) is 3. The number of likely N-dealkylation sites (N-methyl/N-ethyl adjacent to an activating group) is 1. The minimum absolute atomic E-state index is 0.181. The van der Waals surface area contributed by atoms with E-state index in [0.717, 1.165) is 29.7 Å². The molecule has 2 amide bonds. The maximum absolute atomic E-state index is 13.3. The Balaban J connectivity index is 1.76. The lowest BCUT2D eigenvalue weighted by Gasteiger charge is -2.38. The molecular weight excluding hydrogens is 430 g/mol. The first kappa shape index (κ1) is 25.5. The third kappa shape index (κ3) is 6.26. The molecular formula is C26H37N5O3. The van der Waals surface area contributed by atoms with Crippen LogP contribution in [0.3, 0.4) is 0 Å². The fourth-order valence-electron chi connectivity index (χ4n) is 4.09. The predicted octanol–water partition coefficient (Wildman–Crippen LogP) is 3.49. The van der Waals surface area contributed by atoms with Gasteiger partial charge in [-0.25, -0.2) is 4.98 Å². The van der Waals surface area contributed by atoms with E-state index in [9.17, 15) is 9.59 Å². The van der Waals surface area contributed by atoms with Gasteiger partial charge in [0, 0.05) is 12.6 Å². The molecule has 0 spiro atoms. The van der Waals surface area contributed by atoms with E-state index in [2.05, 4.69) is 29.0 Å². The smallest absolute Gasteiger partial charge is 0.313 e. The van der Waals surface area contributed by atoms with Crippen molar-refractivity contribution in [3.8, 4) is 5.75 Å². The first-order valence-corrected chi connectivity index (χ1v) is 11.9. The molecule has 2 heterocycles. The maximum Gasteiger partial charge on any atom is 0.313 e. The minimum Gasteiger partial charge on any atom is -0.492 e. The van der Waals surface area contributed by atoms with Gasteiger partial charge in [0.05, 0.1) is 17.9 Å². The Labute approximate surface area is 202 Å². The fraction of sp³-hybridized carbons (Fsp3) is 0.500. The number of piperidine rings is 1. The van der Waals surface area contributed by atoms with E-state index in [1.807, 2.05) is 45.3 Å². The van der Waals surface area contributed by atoms with Crippen LogP contribution in [0.4, 0.5) is 11.5 Å². The number of likely N-dealkylation sites (tertiary alicyclic amines) is 1. The summed E-state index contributed by atoms with van der Waals surface area (Å²) in [7, 11) is 4.04. The summed E-state index contributed by atoms with van der Waals surface area (Å²) in [6, 6.07) is 9.71. The molecule has 2 aromatic rings. The van der Waals surface area contributed by atoms with Crippen LogP contribution in [0.2, 0.25) is 0 Å². The molecule has 1 aromatic carbocycles. The summed E-state index contributed by atoms with van der Waals surface area (Å²) < 4.78 is 5.99. The average molecular weight is 468 g/mol. The van der Waals surface area contributed by atoms with Crippen LogP contribution in [-0.2, 0) is 16.0 Å². The zero-order chi connectivity index (χ0) is 24.8. The summed E-state index contributed by atoms with van der Waals surface area (Å²) in [6.45, 7) is 7.26. The van der Waals surface area contributed by atoms with Gasteiger partial charge in [-0.3, -0.25) is 9.59 Å². The molecule has 0 aliphatic carbocycles. The van der Waals surface area contributed by atoms with Gasteiger partial charge in [-0.15, -0.1) is 0 Å². The van der Waals surface area contributed by atoms with Gasteiger partial charge in [0.15, 0.2) is 0 Å². The average Bonchev–Trinajstić information content (AvgIpc) is 2.83. The maximum atomic E-state index is 13.3. The molecule has 1 aliphatic heterocycles. The molecule has 3 N–H and O–H groups in total. The van der Waals surface area contributed by atoms with E-state index >= 15 is 0 Å². The third-order valence-electron chi connectivity index (χ3n) is 6.53. The number of carbonyl (C=O) groups is 2. The molecule has 1 aromatic heterocycles. The van der Waals surface area contributed by atoms with Gasteiger partial charge in [-0.2, -0.15) is 0 Å². The Hall–Kier alpha value is -3.13.